The SMILES string of the molecule is CSCCC(N)C(=O)N=[SH-]=O. The molecule has 0 aliphatic carbocycles. The molecule has 6 heteroatoms. The van der Waals surface area contributed by atoms with E-state index in [-0.39, 0.29) is 0 Å². The molecule has 0 spiro atoms. The maximum atomic E-state index is 10.7. The molecule has 0 aromatic carbocycles. The number of carbonyl (C=O) groups is 1. The van der Waals surface area contributed by atoms with Crippen molar-refractivity contribution in [3.63, 3.8) is 0 Å². The minimum absolute atomic E-state index is 0.490. The van der Waals surface area contributed by atoms with Gasteiger partial charge in [-0.2, -0.15) is 23.2 Å². The second-order valence-corrected chi connectivity index (χ2v) is 3.26. The molecule has 0 bridgehead atoms. The van der Waals surface area contributed by atoms with Crippen molar-refractivity contribution in [3.05, 3.63) is 0 Å². The molecule has 0 aromatic rings. The summed E-state index contributed by atoms with van der Waals surface area (Å²) in [6, 6.07) is -0.594. The predicted molar refractivity (Wildman–Crippen MR) is 47.9 cm³/mol. The minimum atomic E-state index is -0.594. The Labute approximate surface area is 73.2 Å². The highest BCUT2D eigenvalue weighted by Crippen LogP contribution is 1.99. The zero-order valence-electron chi connectivity index (χ0n) is 6.19. The minimum Gasteiger partial charge on any atom is -0.447 e. The van der Waals surface area contributed by atoms with Crippen LogP contribution in [0.1, 0.15) is 6.42 Å². The van der Waals surface area contributed by atoms with Crippen LogP contribution in [0.2, 0.25) is 0 Å². The van der Waals surface area contributed by atoms with E-state index in [0.29, 0.717) is 6.42 Å². The molecule has 0 saturated carbocycles. The smallest absolute Gasteiger partial charge is 0.239 e. The van der Waals surface area contributed by atoms with E-state index in [1.807, 2.05) is 6.26 Å². The van der Waals surface area contributed by atoms with Gasteiger partial charge in [0.15, 0.2) is 0 Å². The summed E-state index contributed by atoms with van der Waals surface area (Å²) in [6.45, 7) is 0. The number of thiol groups is 1. The lowest BCUT2D eigenvalue weighted by Crippen LogP contribution is -2.29. The molecule has 1 amide bonds. The molecule has 66 valence electrons. The molecular formula is C5H11N2O2S2-. The largest absolute Gasteiger partial charge is 0.447 e. The third-order valence-corrected chi connectivity index (χ3v) is 2.01. The van der Waals surface area contributed by atoms with Crippen LogP contribution in [-0.2, 0) is 20.5 Å². The van der Waals surface area contributed by atoms with Crippen LogP contribution >= 0.6 is 11.8 Å². The summed E-state index contributed by atoms with van der Waals surface area (Å²) < 4.78 is 13.0. The van der Waals surface area contributed by atoms with E-state index in [0.717, 1.165) is 5.75 Å². The Kier molecular flexibility index (Phi) is 6.59. The highest BCUT2D eigenvalue weighted by molar-refractivity contribution is 7.98. The zero-order valence-corrected chi connectivity index (χ0v) is 7.90. The van der Waals surface area contributed by atoms with Crippen LogP contribution < -0.4 is 5.73 Å². The highest BCUT2D eigenvalue weighted by Gasteiger charge is 2.07. The Hall–Kier alpha value is -0.0700. The fourth-order valence-electron chi connectivity index (χ4n) is 0.483. The Morgan fingerprint density at radius 3 is 2.91 bits per heavy atom. The van der Waals surface area contributed by atoms with Gasteiger partial charge in [0.05, 0.1) is 6.04 Å². The van der Waals surface area contributed by atoms with Crippen LogP contribution in [0.5, 0.6) is 0 Å². The van der Waals surface area contributed by atoms with Gasteiger partial charge in [0.25, 0.3) is 0 Å². The predicted octanol–water partition coefficient (Wildman–Crippen LogP) is -0.0626. The van der Waals surface area contributed by atoms with Crippen LogP contribution in [0, 0.1) is 0 Å². The molecule has 11 heavy (non-hydrogen) atoms. The van der Waals surface area contributed by atoms with Gasteiger partial charge >= 0.3 is 0 Å². The van der Waals surface area contributed by atoms with Crippen molar-refractivity contribution in [2.45, 2.75) is 12.5 Å². The number of rotatable bonds is 4. The monoisotopic (exact) mass is 195 g/mol. The first-order chi connectivity index (χ1) is 5.22. The van der Waals surface area contributed by atoms with Crippen molar-refractivity contribution < 1.29 is 9.00 Å². The number of nitrogens with zero attached hydrogens (tertiary/aromatic N) is 1. The van der Waals surface area contributed by atoms with Gasteiger partial charge in [0, 0.05) is 0 Å². The Balaban J connectivity index is 3.73. The molecule has 0 aliphatic heterocycles. The van der Waals surface area contributed by atoms with Crippen LogP contribution in [-0.4, -0.2) is 24.0 Å². The third kappa shape index (κ3) is 5.23. The summed E-state index contributed by atoms with van der Waals surface area (Å²) in [6.07, 6.45) is 2.51. The number of thioether (sulfide) groups is 1. The quantitative estimate of drug-likeness (QED) is 0.504. The number of carbonyl (C=O) groups excluding carboxylic acids is 1. The fraction of sp³-hybridized carbons (Fsp3) is 0.800. The van der Waals surface area contributed by atoms with Gasteiger partial charge in [0.1, 0.15) is 0 Å². The van der Waals surface area contributed by atoms with Crippen molar-refractivity contribution in [3.8, 4) is 0 Å². The van der Waals surface area contributed by atoms with Gasteiger partial charge in [0.2, 0.25) is 5.91 Å². The second-order valence-electron chi connectivity index (χ2n) is 1.91. The Morgan fingerprint density at radius 1 is 1.82 bits per heavy atom. The molecule has 2 N–H and O–H groups in total. The molecule has 0 aliphatic rings. The highest BCUT2D eigenvalue weighted by atomic mass is 32.2. The topological polar surface area (TPSA) is 72.5 Å². The van der Waals surface area contributed by atoms with Crippen molar-refractivity contribution >= 4 is 29.1 Å². The van der Waals surface area contributed by atoms with E-state index < -0.39 is 23.4 Å². The van der Waals surface area contributed by atoms with Crippen LogP contribution in [0.4, 0.5) is 0 Å². The van der Waals surface area contributed by atoms with Gasteiger partial charge in [-0.15, -0.1) is 0 Å². The van der Waals surface area contributed by atoms with Crippen molar-refractivity contribution in [2.24, 2.45) is 10.1 Å². The molecule has 1 atom stereocenters. The van der Waals surface area contributed by atoms with E-state index in [9.17, 15) is 9.00 Å². The summed E-state index contributed by atoms with van der Waals surface area (Å²) in [7, 11) is 0. The van der Waals surface area contributed by atoms with Crippen LogP contribution in [0.15, 0.2) is 4.36 Å². The van der Waals surface area contributed by atoms with Crippen molar-refractivity contribution in [1.82, 2.24) is 0 Å². The van der Waals surface area contributed by atoms with Gasteiger partial charge in [-0.1, -0.05) is 0 Å². The average molecular weight is 195 g/mol. The molecule has 0 heterocycles. The lowest BCUT2D eigenvalue weighted by Gasteiger charge is -2.05. The van der Waals surface area contributed by atoms with Crippen molar-refractivity contribution in [1.29, 1.82) is 0 Å². The Bertz CT molecular complexity index is 179. The number of hydrogen-bond acceptors (Lipinski definition) is 5. The Morgan fingerprint density at radius 2 is 2.45 bits per heavy atom. The zero-order chi connectivity index (χ0) is 8.69. The summed E-state index contributed by atoms with van der Waals surface area (Å²) >= 11 is 1.10. The fourth-order valence-corrected chi connectivity index (χ4v) is 1.20. The first kappa shape index (κ1) is 10.9. The summed E-state index contributed by atoms with van der Waals surface area (Å²) in [4.78, 5) is 10.7. The summed E-state index contributed by atoms with van der Waals surface area (Å²) in [5.74, 6) is 0.328. The average Bonchev–Trinajstić information content (AvgIpc) is 2.00. The van der Waals surface area contributed by atoms with E-state index in [1.165, 1.54) is 0 Å². The first-order valence-corrected chi connectivity index (χ1v) is 5.20. The molecule has 0 radical (unpaired) electrons. The molecule has 0 fully saturated rings. The maximum absolute atomic E-state index is 10.7. The summed E-state index contributed by atoms with van der Waals surface area (Å²) in [5, 5.41) is 0. The van der Waals surface area contributed by atoms with Gasteiger partial charge in [-0.25, -0.2) is 0 Å². The number of amides is 1. The molecule has 0 rings (SSSR count). The van der Waals surface area contributed by atoms with E-state index in [4.69, 9.17) is 5.73 Å². The summed E-state index contributed by atoms with van der Waals surface area (Å²) in [5.41, 5.74) is 5.39. The van der Waals surface area contributed by atoms with E-state index in [1.54, 1.807) is 11.8 Å². The van der Waals surface area contributed by atoms with E-state index in [2.05, 4.69) is 4.36 Å². The van der Waals surface area contributed by atoms with Gasteiger partial charge in [-0.05, 0) is 18.4 Å². The lowest BCUT2D eigenvalue weighted by atomic mass is 10.2. The normalized spacial score (nSPS) is 12.5. The van der Waals surface area contributed by atoms with Crippen LogP contribution in [0.3, 0.4) is 0 Å². The molecular weight excluding hydrogens is 184 g/mol. The molecule has 0 aromatic heterocycles. The standard InChI is InChI=1S/C5H11N2O2S2/c1-10-3-2-4(6)5(8)7-11-9/h4,11H,2-3,6H2,1H3/q-1. The lowest BCUT2D eigenvalue weighted by molar-refractivity contribution is -0.118. The van der Waals surface area contributed by atoms with Gasteiger partial charge < -0.3 is 14.3 Å². The molecule has 1 unspecified atom stereocenters. The maximum Gasteiger partial charge on any atom is 0.239 e. The van der Waals surface area contributed by atoms with Crippen molar-refractivity contribution in [2.75, 3.05) is 12.0 Å². The second kappa shape index (κ2) is 6.63. The molecule has 0 saturated heterocycles. The first-order valence-electron chi connectivity index (χ1n) is 3.04. The van der Waals surface area contributed by atoms with Crippen LogP contribution in [0.25, 0.3) is 0 Å². The number of hydrogen-bond donors (Lipinski definition) is 1. The third-order valence-electron chi connectivity index (χ3n) is 1.09. The van der Waals surface area contributed by atoms with Gasteiger partial charge in [-0.3, -0.25) is 4.79 Å². The number of nitrogens with two attached hydrogens (primary N) is 1. The molecule has 4 nitrogen and oxygen atoms in total. The van der Waals surface area contributed by atoms with E-state index >= 15 is 0 Å².